The highest BCUT2D eigenvalue weighted by atomic mass is 127. The fourth-order valence-corrected chi connectivity index (χ4v) is 3.67. The number of sulfonamides is 1. The van der Waals surface area contributed by atoms with Gasteiger partial charge in [-0.15, -0.1) is 24.0 Å². The molecule has 9 heteroatoms. The van der Waals surface area contributed by atoms with Crippen molar-refractivity contribution in [1.29, 1.82) is 0 Å². The molecule has 1 aromatic carbocycles. The molecular formula is C15H26BrIN4O2S. The van der Waals surface area contributed by atoms with Gasteiger partial charge in [0, 0.05) is 37.2 Å². The van der Waals surface area contributed by atoms with Crippen LogP contribution in [0.15, 0.2) is 33.7 Å². The third-order valence-electron chi connectivity index (χ3n) is 3.09. The minimum atomic E-state index is -3.26. The number of hydrogen-bond acceptors (Lipinski definition) is 3. The molecule has 6 nitrogen and oxygen atoms in total. The van der Waals surface area contributed by atoms with Crippen molar-refractivity contribution in [1.82, 2.24) is 14.9 Å². The molecule has 1 aromatic rings. The van der Waals surface area contributed by atoms with Gasteiger partial charge >= 0.3 is 0 Å². The first-order valence-corrected chi connectivity index (χ1v) is 9.86. The normalized spacial score (nSPS) is 12.5. The van der Waals surface area contributed by atoms with Gasteiger partial charge in [-0.05, 0) is 25.5 Å². The maximum atomic E-state index is 11.4. The molecule has 1 rings (SSSR count). The van der Waals surface area contributed by atoms with Crippen molar-refractivity contribution < 1.29 is 8.42 Å². The zero-order valence-electron chi connectivity index (χ0n) is 14.6. The molecular weight excluding hydrogens is 507 g/mol. The van der Waals surface area contributed by atoms with E-state index in [1.165, 1.54) is 0 Å². The van der Waals surface area contributed by atoms with Crippen LogP contribution in [-0.2, 0) is 16.6 Å². The summed E-state index contributed by atoms with van der Waals surface area (Å²) in [5.41, 5.74) is 0.531. The molecule has 0 unspecified atom stereocenters. The second-order valence-corrected chi connectivity index (χ2v) is 8.71. The van der Waals surface area contributed by atoms with Gasteiger partial charge in [0.25, 0.3) is 0 Å². The molecule has 0 saturated carbocycles. The fraction of sp³-hybridized carbons (Fsp3) is 0.533. The molecule has 0 aliphatic heterocycles. The average molecular weight is 533 g/mol. The predicted molar refractivity (Wildman–Crippen MR) is 114 cm³/mol. The first kappa shape index (κ1) is 23.6. The summed E-state index contributed by atoms with van der Waals surface area (Å²) in [5, 5.41) is 3.21. The fourth-order valence-electron chi connectivity index (χ4n) is 2.18. The summed E-state index contributed by atoms with van der Waals surface area (Å²) in [7, 11) is 0.380. The summed E-state index contributed by atoms with van der Waals surface area (Å²) in [6.07, 6.45) is 1.16. The molecule has 0 radical (unpaired) electrons. The molecule has 0 saturated heterocycles. The Hall–Kier alpha value is -0.390. The van der Waals surface area contributed by atoms with E-state index in [2.05, 4.69) is 31.0 Å². The number of rotatable bonds is 6. The molecule has 0 fully saturated rings. The maximum absolute atomic E-state index is 11.4. The number of aliphatic imine (C=N–C) groups is 1. The molecule has 0 atom stereocenters. The summed E-state index contributed by atoms with van der Waals surface area (Å²) in [5.74, 6) is 0.698. The van der Waals surface area contributed by atoms with Crippen LogP contribution in [0.3, 0.4) is 0 Å². The number of nitrogens with zero attached hydrogens (tertiary/aromatic N) is 2. The van der Waals surface area contributed by atoms with Crippen molar-refractivity contribution in [3.63, 3.8) is 0 Å². The molecule has 138 valence electrons. The molecule has 0 amide bonds. The number of nitrogens with one attached hydrogen (secondary N) is 2. The number of hydrogen-bond donors (Lipinski definition) is 2. The lowest BCUT2D eigenvalue weighted by Gasteiger charge is -2.29. The smallest absolute Gasteiger partial charge is 0.209 e. The van der Waals surface area contributed by atoms with Crippen LogP contribution in [0.5, 0.6) is 0 Å². The second kappa shape index (κ2) is 9.93. The summed E-state index contributed by atoms with van der Waals surface area (Å²) in [4.78, 5) is 6.24. The average Bonchev–Trinajstić information content (AvgIpc) is 2.39. The maximum Gasteiger partial charge on any atom is 0.209 e. The minimum absolute atomic E-state index is 0. The summed E-state index contributed by atoms with van der Waals surface area (Å²) in [6.45, 7) is 4.75. The van der Waals surface area contributed by atoms with Crippen molar-refractivity contribution in [3.8, 4) is 0 Å². The SMILES string of the molecule is CN=C(NCC(C)(C)NS(C)(=O)=O)N(C)Cc1ccccc1Br.I. The Balaban J connectivity index is 0.00000529. The first-order chi connectivity index (χ1) is 10.5. The lowest BCUT2D eigenvalue weighted by Crippen LogP contribution is -2.53. The van der Waals surface area contributed by atoms with Gasteiger partial charge in [-0.2, -0.15) is 0 Å². The summed E-state index contributed by atoms with van der Waals surface area (Å²) in [6, 6.07) is 8.00. The van der Waals surface area contributed by atoms with Gasteiger partial charge in [-0.3, -0.25) is 4.99 Å². The highest BCUT2D eigenvalue weighted by Gasteiger charge is 2.23. The van der Waals surface area contributed by atoms with Crippen molar-refractivity contribution >= 4 is 55.9 Å². The third kappa shape index (κ3) is 8.63. The van der Waals surface area contributed by atoms with E-state index in [9.17, 15) is 8.42 Å². The number of guanidine groups is 1. The topological polar surface area (TPSA) is 73.8 Å². The Morgan fingerprint density at radius 1 is 1.33 bits per heavy atom. The Kier molecular flexibility index (Phi) is 9.77. The molecule has 24 heavy (non-hydrogen) atoms. The van der Waals surface area contributed by atoms with Crippen LogP contribution in [-0.4, -0.2) is 51.7 Å². The van der Waals surface area contributed by atoms with Gasteiger partial charge in [0.2, 0.25) is 10.0 Å². The molecule has 0 bridgehead atoms. The largest absolute Gasteiger partial charge is 0.354 e. The molecule has 0 aromatic heterocycles. The lowest BCUT2D eigenvalue weighted by molar-refractivity contribution is 0.422. The zero-order chi connectivity index (χ0) is 17.7. The van der Waals surface area contributed by atoms with E-state index in [1.54, 1.807) is 7.05 Å². The quantitative estimate of drug-likeness (QED) is 0.335. The van der Waals surface area contributed by atoms with E-state index in [1.807, 2.05) is 50.1 Å². The Morgan fingerprint density at radius 3 is 2.42 bits per heavy atom. The number of benzene rings is 1. The van der Waals surface area contributed by atoms with E-state index in [-0.39, 0.29) is 24.0 Å². The summed E-state index contributed by atoms with van der Waals surface area (Å²) < 4.78 is 26.4. The standard InChI is InChI=1S/C15H25BrN4O2S.HI/c1-15(2,19-23(5,21)22)11-18-14(17-3)20(4)10-12-8-6-7-9-13(12)16;/h6-9,19H,10-11H2,1-5H3,(H,17,18);1H. The van der Waals surface area contributed by atoms with Crippen LogP contribution in [0.1, 0.15) is 19.4 Å². The van der Waals surface area contributed by atoms with Gasteiger partial charge < -0.3 is 10.2 Å². The predicted octanol–water partition coefficient (Wildman–Crippen LogP) is 2.40. The van der Waals surface area contributed by atoms with Gasteiger partial charge in [-0.25, -0.2) is 13.1 Å². The molecule has 0 spiro atoms. The highest BCUT2D eigenvalue weighted by molar-refractivity contribution is 14.0. The Bertz CT molecular complexity index is 665. The third-order valence-corrected chi connectivity index (χ3v) is 4.79. The van der Waals surface area contributed by atoms with Gasteiger partial charge in [0.1, 0.15) is 0 Å². The van der Waals surface area contributed by atoms with E-state index in [4.69, 9.17) is 0 Å². The van der Waals surface area contributed by atoms with Crippen molar-refractivity contribution in [2.75, 3.05) is 26.9 Å². The second-order valence-electron chi connectivity index (χ2n) is 6.11. The zero-order valence-corrected chi connectivity index (χ0v) is 19.4. The Morgan fingerprint density at radius 2 is 1.92 bits per heavy atom. The van der Waals surface area contributed by atoms with E-state index < -0.39 is 15.6 Å². The van der Waals surface area contributed by atoms with Crippen molar-refractivity contribution in [2.45, 2.75) is 25.9 Å². The van der Waals surface area contributed by atoms with Crippen molar-refractivity contribution in [3.05, 3.63) is 34.3 Å². The van der Waals surface area contributed by atoms with E-state index in [0.717, 1.165) is 16.3 Å². The van der Waals surface area contributed by atoms with Gasteiger partial charge in [-0.1, -0.05) is 34.1 Å². The highest BCUT2D eigenvalue weighted by Crippen LogP contribution is 2.17. The summed E-state index contributed by atoms with van der Waals surface area (Å²) >= 11 is 3.54. The Labute approximate surface area is 170 Å². The van der Waals surface area contributed by atoms with Crippen molar-refractivity contribution in [2.24, 2.45) is 4.99 Å². The van der Waals surface area contributed by atoms with Crippen LogP contribution in [0.2, 0.25) is 0 Å². The van der Waals surface area contributed by atoms with Gasteiger partial charge in [0.05, 0.1) is 6.26 Å². The minimum Gasteiger partial charge on any atom is -0.354 e. The lowest BCUT2D eigenvalue weighted by atomic mass is 10.1. The van der Waals surface area contributed by atoms with Crippen LogP contribution < -0.4 is 10.0 Å². The van der Waals surface area contributed by atoms with E-state index >= 15 is 0 Å². The molecule has 2 N–H and O–H groups in total. The van der Waals surface area contributed by atoms with E-state index in [0.29, 0.717) is 19.0 Å². The van der Waals surface area contributed by atoms with Crippen LogP contribution in [0.25, 0.3) is 0 Å². The van der Waals surface area contributed by atoms with Crippen LogP contribution in [0, 0.1) is 0 Å². The molecule has 0 aliphatic rings. The first-order valence-electron chi connectivity index (χ1n) is 7.18. The van der Waals surface area contributed by atoms with Crippen LogP contribution >= 0.6 is 39.9 Å². The van der Waals surface area contributed by atoms with Gasteiger partial charge in [0.15, 0.2) is 5.96 Å². The number of halogens is 2. The van der Waals surface area contributed by atoms with Crippen LogP contribution in [0.4, 0.5) is 0 Å². The molecule has 0 aliphatic carbocycles. The molecule has 0 heterocycles. The monoisotopic (exact) mass is 532 g/mol.